The van der Waals surface area contributed by atoms with Crippen LogP contribution in [0.2, 0.25) is 0 Å². The van der Waals surface area contributed by atoms with Crippen molar-refractivity contribution < 1.29 is 14.6 Å². The summed E-state index contributed by atoms with van der Waals surface area (Å²) in [6.07, 6.45) is 0.480. The predicted molar refractivity (Wildman–Crippen MR) is 59.5 cm³/mol. The Kier molecular flexibility index (Phi) is 4.22. The minimum Gasteiger partial charge on any atom is -0.494 e. The Bertz CT molecular complexity index is 528. The van der Waals surface area contributed by atoms with Crippen LogP contribution in [0.5, 0.6) is 5.88 Å². The third-order valence-corrected chi connectivity index (χ3v) is 2.25. The minimum absolute atomic E-state index is 0.162. The lowest BCUT2D eigenvalue weighted by atomic mass is 10.2. The number of ether oxygens (including phenoxy) is 1. The highest BCUT2D eigenvalue weighted by molar-refractivity contribution is 5.95. The summed E-state index contributed by atoms with van der Waals surface area (Å²) in [7, 11) is 1.51. The summed E-state index contributed by atoms with van der Waals surface area (Å²) in [5.74, 6) is -1.19. The van der Waals surface area contributed by atoms with Crippen LogP contribution in [-0.4, -0.2) is 34.2 Å². The van der Waals surface area contributed by atoms with Crippen molar-refractivity contribution in [1.29, 1.82) is 0 Å². The second-order valence-corrected chi connectivity index (χ2v) is 3.51. The summed E-state index contributed by atoms with van der Waals surface area (Å²) in [6, 6.07) is 0. The summed E-state index contributed by atoms with van der Waals surface area (Å²) in [5.41, 5.74) is -2.02. The van der Waals surface area contributed by atoms with E-state index in [1.165, 1.54) is 7.11 Å². The maximum Gasteiger partial charge on any atom is 0.331 e. The minimum atomic E-state index is -0.872. The molecule has 0 bridgehead atoms. The molecule has 17 heavy (non-hydrogen) atoms. The molecule has 1 aromatic rings. The Morgan fingerprint density at radius 1 is 1.47 bits per heavy atom. The number of rotatable bonds is 5. The number of H-pyrrole nitrogens is 1. The molecule has 1 rings (SSSR count). The molecule has 0 aliphatic heterocycles. The standard InChI is InChI=1S/C10H14N2O5/c1-6(13)7-8(14)11-10(16)12(9(7)15)4-3-5-17-2/h15H,3-5H2,1-2H3,(H,11,14,16). The van der Waals surface area contributed by atoms with Gasteiger partial charge < -0.3 is 9.84 Å². The van der Waals surface area contributed by atoms with Crippen molar-refractivity contribution in [2.75, 3.05) is 13.7 Å². The van der Waals surface area contributed by atoms with Crippen LogP contribution in [0.1, 0.15) is 23.7 Å². The van der Waals surface area contributed by atoms with Gasteiger partial charge in [0, 0.05) is 20.3 Å². The van der Waals surface area contributed by atoms with E-state index >= 15 is 0 Å². The molecule has 1 aromatic heterocycles. The average molecular weight is 242 g/mol. The molecule has 0 aromatic carbocycles. The van der Waals surface area contributed by atoms with Crippen molar-refractivity contribution in [3.05, 3.63) is 26.4 Å². The van der Waals surface area contributed by atoms with E-state index in [9.17, 15) is 19.5 Å². The van der Waals surface area contributed by atoms with Gasteiger partial charge in [-0.2, -0.15) is 0 Å². The van der Waals surface area contributed by atoms with Crippen LogP contribution < -0.4 is 11.2 Å². The van der Waals surface area contributed by atoms with Gasteiger partial charge in [0.2, 0.25) is 5.88 Å². The first-order chi connectivity index (χ1) is 7.99. The van der Waals surface area contributed by atoms with E-state index in [2.05, 4.69) is 0 Å². The van der Waals surface area contributed by atoms with Crippen LogP contribution in [0.3, 0.4) is 0 Å². The number of nitrogens with zero attached hydrogens (tertiary/aromatic N) is 1. The van der Waals surface area contributed by atoms with E-state index < -0.39 is 28.5 Å². The van der Waals surface area contributed by atoms with Crippen LogP contribution in [0.15, 0.2) is 9.59 Å². The van der Waals surface area contributed by atoms with Crippen LogP contribution >= 0.6 is 0 Å². The lowest BCUT2D eigenvalue weighted by Crippen LogP contribution is -2.33. The number of hydrogen-bond donors (Lipinski definition) is 2. The zero-order valence-corrected chi connectivity index (χ0v) is 9.65. The second kappa shape index (κ2) is 5.44. The zero-order chi connectivity index (χ0) is 13.0. The van der Waals surface area contributed by atoms with Gasteiger partial charge in [0.15, 0.2) is 5.78 Å². The first-order valence-electron chi connectivity index (χ1n) is 5.05. The lowest BCUT2D eigenvalue weighted by Gasteiger charge is -2.09. The quantitative estimate of drug-likeness (QED) is 0.534. The molecule has 0 aliphatic carbocycles. The largest absolute Gasteiger partial charge is 0.494 e. The molecule has 0 saturated carbocycles. The molecular formula is C10H14N2O5. The maximum atomic E-state index is 11.4. The molecule has 0 amide bonds. The Hall–Kier alpha value is -1.89. The van der Waals surface area contributed by atoms with E-state index in [1.807, 2.05) is 4.98 Å². The number of aromatic amines is 1. The molecule has 2 N–H and O–H groups in total. The van der Waals surface area contributed by atoms with Crippen LogP contribution in [0.25, 0.3) is 0 Å². The van der Waals surface area contributed by atoms with Crippen molar-refractivity contribution in [2.45, 2.75) is 19.9 Å². The molecule has 0 radical (unpaired) electrons. The van der Waals surface area contributed by atoms with Gasteiger partial charge in [0.25, 0.3) is 5.56 Å². The van der Waals surface area contributed by atoms with Crippen LogP contribution in [0, 0.1) is 0 Å². The molecule has 0 unspecified atom stereocenters. The topological polar surface area (TPSA) is 101 Å². The molecule has 0 spiro atoms. The number of nitrogens with one attached hydrogen (secondary N) is 1. The van der Waals surface area contributed by atoms with Crippen molar-refractivity contribution in [3.8, 4) is 5.88 Å². The Morgan fingerprint density at radius 3 is 2.65 bits per heavy atom. The third kappa shape index (κ3) is 2.82. The van der Waals surface area contributed by atoms with Gasteiger partial charge in [-0.25, -0.2) is 4.79 Å². The number of Topliss-reactive ketones (excluding diaryl/α,β-unsaturated/α-hetero) is 1. The van der Waals surface area contributed by atoms with Gasteiger partial charge in [-0.1, -0.05) is 0 Å². The van der Waals surface area contributed by atoms with Gasteiger partial charge in [-0.05, 0) is 13.3 Å². The number of carbonyl (C=O) groups is 1. The fraction of sp³-hybridized carbons (Fsp3) is 0.500. The number of methoxy groups -OCH3 is 1. The normalized spacial score (nSPS) is 10.5. The third-order valence-electron chi connectivity index (χ3n) is 2.25. The van der Waals surface area contributed by atoms with Gasteiger partial charge in [-0.15, -0.1) is 0 Å². The van der Waals surface area contributed by atoms with E-state index in [0.29, 0.717) is 13.0 Å². The number of hydrogen-bond acceptors (Lipinski definition) is 5. The smallest absolute Gasteiger partial charge is 0.331 e. The van der Waals surface area contributed by atoms with E-state index in [4.69, 9.17) is 4.74 Å². The average Bonchev–Trinajstić information content (AvgIpc) is 2.21. The Labute approximate surface area is 96.7 Å². The molecule has 7 nitrogen and oxygen atoms in total. The highest BCUT2D eigenvalue weighted by Crippen LogP contribution is 2.10. The number of carbonyl (C=O) groups excluding carboxylic acids is 1. The maximum absolute atomic E-state index is 11.4. The Morgan fingerprint density at radius 2 is 2.12 bits per heavy atom. The first-order valence-corrected chi connectivity index (χ1v) is 5.05. The van der Waals surface area contributed by atoms with Crippen LogP contribution in [-0.2, 0) is 11.3 Å². The van der Waals surface area contributed by atoms with Crippen molar-refractivity contribution in [3.63, 3.8) is 0 Å². The Balaban J connectivity index is 3.22. The molecule has 94 valence electrons. The zero-order valence-electron chi connectivity index (χ0n) is 9.65. The van der Waals surface area contributed by atoms with Gasteiger partial charge in [-0.3, -0.25) is 19.1 Å². The molecular weight excluding hydrogens is 228 g/mol. The molecule has 7 heteroatoms. The highest BCUT2D eigenvalue weighted by atomic mass is 16.5. The predicted octanol–water partition coefficient (Wildman–Crippen LogP) is -0.519. The fourth-order valence-corrected chi connectivity index (χ4v) is 1.45. The monoisotopic (exact) mass is 242 g/mol. The summed E-state index contributed by atoms with van der Waals surface area (Å²) in [4.78, 5) is 35.9. The number of aromatic hydroxyl groups is 1. The van der Waals surface area contributed by atoms with Crippen molar-refractivity contribution in [2.24, 2.45) is 0 Å². The molecule has 1 heterocycles. The van der Waals surface area contributed by atoms with Crippen molar-refractivity contribution >= 4 is 5.78 Å². The van der Waals surface area contributed by atoms with E-state index in [-0.39, 0.29) is 6.54 Å². The molecule has 0 saturated heterocycles. The number of aromatic nitrogens is 2. The number of ketones is 1. The van der Waals surface area contributed by atoms with Crippen molar-refractivity contribution in [1.82, 2.24) is 9.55 Å². The SMILES string of the molecule is COCCCn1c(O)c(C(C)=O)c(=O)[nH]c1=O. The second-order valence-electron chi connectivity index (χ2n) is 3.51. The lowest BCUT2D eigenvalue weighted by molar-refractivity contribution is 0.101. The van der Waals surface area contributed by atoms with E-state index in [1.54, 1.807) is 0 Å². The summed E-state index contributed by atoms with van der Waals surface area (Å²) in [5, 5.41) is 9.70. The molecule has 0 fully saturated rings. The van der Waals surface area contributed by atoms with Gasteiger partial charge in [0.05, 0.1) is 0 Å². The summed E-state index contributed by atoms with van der Waals surface area (Å²) < 4.78 is 5.75. The van der Waals surface area contributed by atoms with Crippen LogP contribution in [0.4, 0.5) is 0 Å². The van der Waals surface area contributed by atoms with E-state index in [0.717, 1.165) is 11.5 Å². The molecule has 0 atom stereocenters. The summed E-state index contributed by atoms with van der Waals surface area (Å²) >= 11 is 0. The highest BCUT2D eigenvalue weighted by Gasteiger charge is 2.17. The first kappa shape index (κ1) is 13.2. The summed E-state index contributed by atoms with van der Waals surface area (Å²) in [6.45, 7) is 1.71. The van der Waals surface area contributed by atoms with Gasteiger partial charge >= 0.3 is 5.69 Å². The fourth-order valence-electron chi connectivity index (χ4n) is 1.45. The molecule has 0 aliphatic rings. The van der Waals surface area contributed by atoms with Gasteiger partial charge in [0.1, 0.15) is 5.56 Å².